The Balaban J connectivity index is 0.000000295. The normalized spacial score (nSPS) is 16.5. The summed E-state index contributed by atoms with van der Waals surface area (Å²) in [6.07, 6.45) is 2.33. The number of nitrogens with zero attached hydrogens (tertiary/aromatic N) is 1. The zero-order chi connectivity index (χ0) is 46.1. The van der Waals surface area contributed by atoms with Gasteiger partial charge in [-0.15, -0.1) is 0 Å². The highest BCUT2D eigenvalue weighted by Gasteiger charge is 2.33. The summed E-state index contributed by atoms with van der Waals surface area (Å²) in [5, 5.41) is 0. The van der Waals surface area contributed by atoms with Crippen molar-refractivity contribution in [1.82, 2.24) is 4.90 Å². The summed E-state index contributed by atoms with van der Waals surface area (Å²) in [7, 11) is 0. The molecule has 1 atom stereocenters. The van der Waals surface area contributed by atoms with E-state index in [0.29, 0.717) is 31.6 Å². The third kappa shape index (κ3) is 19.4. The zero-order valence-corrected chi connectivity index (χ0v) is 36.6. The standard InChI is InChI=1S/C16H17F3O2.C13H15F3O.C10H17N.C9H7F3O.ClH/c17-16(18,19)13-6-3-5-12(10-13)15(21)9-8-11-4-1-2-7-14(11)20;1-9(2)6-7-12(17)10-4-3-5-11(8-10)13(14,15)16;1-2-6-10(7-3-1)11-8-4-5-9-11;1-6(13)7-3-2-4-8(5-7)9(10,11)12;/h3,5-6,10-11H,1-2,4,7-9H2;3-5,8-9H,6-7H2,1-2H3;6H,1-5,7-9H2;2-5H,1H3;1H/p-1. The van der Waals surface area contributed by atoms with Crippen molar-refractivity contribution in [3.05, 3.63) is 118 Å². The van der Waals surface area contributed by atoms with E-state index in [9.17, 15) is 58.7 Å². The van der Waals surface area contributed by atoms with Gasteiger partial charge >= 0.3 is 18.5 Å². The van der Waals surface area contributed by atoms with Crippen molar-refractivity contribution >= 4 is 23.1 Å². The number of halogens is 10. The van der Waals surface area contributed by atoms with Crippen molar-refractivity contribution in [3.63, 3.8) is 0 Å². The molecule has 2 aliphatic carbocycles. The van der Waals surface area contributed by atoms with E-state index < -0.39 is 35.2 Å². The number of rotatable bonds is 10. The highest BCUT2D eigenvalue weighted by atomic mass is 35.5. The van der Waals surface area contributed by atoms with E-state index in [4.69, 9.17) is 0 Å². The minimum Gasteiger partial charge on any atom is -1.00 e. The number of carbonyl (C=O) groups is 4. The lowest BCUT2D eigenvalue weighted by Crippen LogP contribution is -3.00. The molecule has 0 radical (unpaired) electrons. The van der Waals surface area contributed by atoms with Crippen molar-refractivity contribution in [2.45, 2.75) is 129 Å². The summed E-state index contributed by atoms with van der Waals surface area (Å²) in [6, 6.07) is 13.4. The molecule has 1 saturated carbocycles. The predicted octanol–water partition coefficient (Wildman–Crippen LogP) is 11.2. The van der Waals surface area contributed by atoms with Gasteiger partial charge in [0.05, 0.1) is 16.7 Å². The van der Waals surface area contributed by atoms with Crippen molar-refractivity contribution in [2.24, 2.45) is 11.8 Å². The summed E-state index contributed by atoms with van der Waals surface area (Å²) in [5.74, 6) is -0.494. The van der Waals surface area contributed by atoms with Gasteiger partial charge in [0.25, 0.3) is 0 Å². The Morgan fingerprint density at radius 3 is 1.52 bits per heavy atom. The fourth-order valence-corrected chi connectivity index (χ4v) is 7.14. The Hall–Kier alpha value is -4.46. The molecular formula is C48H56ClF9NO4-. The number of ketones is 4. The Bertz CT molecular complexity index is 1970. The van der Waals surface area contributed by atoms with Gasteiger partial charge in [-0.3, -0.25) is 19.2 Å². The van der Waals surface area contributed by atoms with E-state index in [-0.39, 0.29) is 64.6 Å². The summed E-state index contributed by atoms with van der Waals surface area (Å²) < 4.78 is 111. The predicted molar refractivity (Wildman–Crippen MR) is 221 cm³/mol. The van der Waals surface area contributed by atoms with Crippen LogP contribution < -0.4 is 12.4 Å². The number of hydrogen-bond donors (Lipinski definition) is 0. The molecule has 63 heavy (non-hydrogen) atoms. The van der Waals surface area contributed by atoms with Crippen LogP contribution in [0.4, 0.5) is 39.5 Å². The monoisotopic (exact) mass is 916 g/mol. The zero-order valence-electron chi connectivity index (χ0n) is 35.8. The van der Waals surface area contributed by atoms with E-state index in [0.717, 1.165) is 55.7 Å². The molecule has 2 fully saturated rings. The van der Waals surface area contributed by atoms with Gasteiger partial charge in [0.2, 0.25) is 0 Å². The van der Waals surface area contributed by atoms with E-state index in [1.54, 1.807) is 5.70 Å². The van der Waals surface area contributed by atoms with Gasteiger partial charge in [-0.25, -0.2) is 0 Å². The van der Waals surface area contributed by atoms with Crippen molar-refractivity contribution < 1.29 is 71.1 Å². The molecule has 0 bridgehead atoms. The molecule has 3 aromatic carbocycles. The third-order valence-electron chi connectivity index (χ3n) is 10.7. The van der Waals surface area contributed by atoms with Gasteiger partial charge < -0.3 is 17.3 Å². The fraction of sp³-hybridized carbons (Fsp3) is 0.500. The quantitative estimate of drug-likeness (QED) is 0.150. The Morgan fingerprint density at radius 1 is 0.635 bits per heavy atom. The summed E-state index contributed by atoms with van der Waals surface area (Å²) in [4.78, 5) is 48.7. The van der Waals surface area contributed by atoms with Gasteiger partial charge in [0.1, 0.15) is 5.78 Å². The average molecular weight is 917 g/mol. The minimum absolute atomic E-state index is 0. The lowest BCUT2D eigenvalue weighted by molar-refractivity contribution is -0.138. The maximum absolute atomic E-state index is 12.6. The molecule has 5 nitrogen and oxygen atoms in total. The van der Waals surface area contributed by atoms with Gasteiger partial charge in [-0.05, 0) is 113 Å². The molecule has 15 heteroatoms. The molecule has 3 aromatic rings. The van der Waals surface area contributed by atoms with Gasteiger partial charge in [0.15, 0.2) is 17.3 Å². The fourth-order valence-electron chi connectivity index (χ4n) is 7.14. The second kappa shape index (κ2) is 25.7. The molecule has 0 N–H and O–H groups in total. The van der Waals surface area contributed by atoms with Crippen LogP contribution in [-0.4, -0.2) is 41.1 Å². The molecule has 348 valence electrons. The number of hydrogen-bond acceptors (Lipinski definition) is 5. The Morgan fingerprint density at radius 2 is 1.10 bits per heavy atom. The van der Waals surface area contributed by atoms with Crippen molar-refractivity contribution in [2.75, 3.05) is 13.1 Å². The number of carbonyl (C=O) groups excluding carboxylic acids is 4. The number of allylic oxidation sites excluding steroid dienone is 2. The van der Waals surface area contributed by atoms with Crippen molar-refractivity contribution in [3.8, 4) is 0 Å². The first-order valence-corrected chi connectivity index (χ1v) is 21.1. The average Bonchev–Trinajstić information content (AvgIpc) is 3.78. The van der Waals surface area contributed by atoms with Crippen LogP contribution in [0.25, 0.3) is 0 Å². The minimum atomic E-state index is -4.45. The van der Waals surface area contributed by atoms with Crippen molar-refractivity contribution in [1.29, 1.82) is 0 Å². The van der Waals surface area contributed by atoms with Gasteiger partial charge in [-0.1, -0.05) is 62.7 Å². The number of alkyl halides is 9. The van der Waals surface area contributed by atoms with Crippen LogP contribution in [0.5, 0.6) is 0 Å². The number of likely N-dealkylation sites (tertiary alicyclic amines) is 1. The van der Waals surface area contributed by atoms with Crippen LogP contribution in [0.15, 0.2) is 84.6 Å². The van der Waals surface area contributed by atoms with Crippen LogP contribution in [0.3, 0.4) is 0 Å². The van der Waals surface area contributed by atoms with Crippen LogP contribution in [0.1, 0.15) is 158 Å². The molecule has 0 spiro atoms. The highest BCUT2D eigenvalue weighted by Crippen LogP contribution is 2.32. The Kier molecular flexibility index (Phi) is 22.3. The van der Waals surface area contributed by atoms with Crippen LogP contribution in [0, 0.1) is 11.8 Å². The first-order chi connectivity index (χ1) is 29.1. The second-order valence-corrected chi connectivity index (χ2v) is 16.2. The molecular weight excluding hydrogens is 861 g/mol. The van der Waals surface area contributed by atoms with E-state index in [1.165, 1.54) is 94.9 Å². The summed E-state index contributed by atoms with van der Waals surface area (Å²) in [5.41, 5.74) is -0.452. The maximum atomic E-state index is 12.6. The van der Waals surface area contributed by atoms with E-state index in [1.807, 2.05) is 13.8 Å². The molecule has 6 rings (SSSR count). The van der Waals surface area contributed by atoms with E-state index >= 15 is 0 Å². The molecule has 1 heterocycles. The largest absolute Gasteiger partial charge is 1.00 e. The molecule has 1 saturated heterocycles. The topological polar surface area (TPSA) is 71.5 Å². The van der Waals surface area contributed by atoms with Gasteiger partial charge in [0, 0.05) is 60.7 Å². The molecule has 3 aliphatic rings. The summed E-state index contributed by atoms with van der Waals surface area (Å²) in [6.45, 7) is 7.83. The smallest absolute Gasteiger partial charge is 0.416 e. The first kappa shape index (κ1) is 54.7. The van der Waals surface area contributed by atoms with Crippen LogP contribution in [-0.2, 0) is 23.3 Å². The highest BCUT2D eigenvalue weighted by molar-refractivity contribution is 5.97. The number of Topliss-reactive ketones (excluding diaryl/α,β-unsaturated/α-hetero) is 4. The third-order valence-corrected chi connectivity index (χ3v) is 10.7. The molecule has 0 aromatic heterocycles. The SMILES string of the molecule is C1=C(N2CCCC2)CCCC1.CC(=O)c1cccc(C(F)(F)F)c1.CC(C)CCC(=O)c1cccc(C(F)(F)F)c1.O=C(CCC1CCCCC1=O)c1cccc(C(F)(F)F)c1.[Cl-]. The lowest BCUT2D eigenvalue weighted by Gasteiger charge is -2.24. The molecule has 1 aliphatic heterocycles. The lowest BCUT2D eigenvalue weighted by atomic mass is 9.84. The van der Waals surface area contributed by atoms with Crippen LogP contribution in [0.2, 0.25) is 0 Å². The molecule has 0 amide bonds. The first-order valence-electron chi connectivity index (χ1n) is 21.1. The summed E-state index contributed by atoms with van der Waals surface area (Å²) >= 11 is 0. The van der Waals surface area contributed by atoms with E-state index in [2.05, 4.69) is 11.0 Å². The Labute approximate surface area is 370 Å². The second-order valence-electron chi connectivity index (χ2n) is 16.2. The molecule has 1 unspecified atom stereocenters. The van der Waals surface area contributed by atoms with Gasteiger partial charge in [-0.2, -0.15) is 39.5 Å². The number of benzene rings is 3. The van der Waals surface area contributed by atoms with Crippen LogP contribution >= 0.6 is 0 Å². The maximum Gasteiger partial charge on any atom is 0.416 e.